The van der Waals surface area contributed by atoms with Crippen molar-refractivity contribution < 1.29 is 9.53 Å². The Labute approximate surface area is 124 Å². The Hall–Kier alpha value is -1.26. The maximum absolute atomic E-state index is 12.5. The average Bonchev–Trinajstić information content (AvgIpc) is 2.80. The zero-order chi connectivity index (χ0) is 14.7. The summed E-state index contributed by atoms with van der Waals surface area (Å²) in [5.74, 6) is 1.22. The molecule has 1 amide bonds. The van der Waals surface area contributed by atoms with Gasteiger partial charge in [0.15, 0.2) is 0 Å². The highest BCUT2D eigenvalue weighted by Gasteiger charge is 2.31. The Balaban J connectivity index is 2.10. The van der Waals surface area contributed by atoms with Crippen LogP contribution in [0.5, 0.6) is 5.75 Å². The van der Waals surface area contributed by atoms with E-state index in [0.29, 0.717) is 29.7 Å². The minimum Gasteiger partial charge on any atom is -0.496 e. The van der Waals surface area contributed by atoms with E-state index in [1.165, 1.54) is 0 Å². The first kappa shape index (κ1) is 15.1. The number of amides is 1. The van der Waals surface area contributed by atoms with Gasteiger partial charge in [0.2, 0.25) is 5.91 Å². The molecule has 2 rings (SSSR count). The fraction of sp³-hybridized carbons (Fsp3) is 0.533. The normalized spacial score (nSPS) is 22.1. The first-order valence-corrected chi connectivity index (χ1v) is 7.25. The van der Waals surface area contributed by atoms with E-state index >= 15 is 0 Å². The summed E-state index contributed by atoms with van der Waals surface area (Å²) in [7, 11) is 1.60. The highest BCUT2D eigenvalue weighted by Crippen LogP contribution is 2.26. The molecular formula is C15H21ClN2O2. The molecule has 0 aliphatic carbocycles. The van der Waals surface area contributed by atoms with E-state index in [4.69, 9.17) is 22.1 Å². The van der Waals surface area contributed by atoms with Gasteiger partial charge in [-0.15, -0.1) is 0 Å². The molecule has 1 heterocycles. The number of hydrogen-bond acceptors (Lipinski definition) is 3. The maximum Gasteiger partial charge on any atom is 0.227 e. The molecule has 5 heteroatoms. The average molecular weight is 297 g/mol. The zero-order valence-electron chi connectivity index (χ0n) is 11.9. The first-order valence-electron chi connectivity index (χ1n) is 6.87. The van der Waals surface area contributed by atoms with Crippen LogP contribution in [0.3, 0.4) is 0 Å². The van der Waals surface area contributed by atoms with Crippen molar-refractivity contribution in [3.05, 3.63) is 28.8 Å². The molecule has 0 spiro atoms. The second kappa shape index (κ2) is 6.46. The van der Waals surface area contributed by atoms with Gasteiger partial charge in [-0.05, 0) is 44.0 Å². The number of methoxy groups -OCH3 is 1. The Kier molecular flexibility index (Phi) is 4.89. The Morgan fingerprint density at radius 1 is 1.55 bits per heavy atom. The van der Waals surface area contributed by atoms with Crippen LogP contribution in [0.4, 0.5) is 0 Å². The number of ether oxygens (including phenoxy) is 1. The molecule has 1 fully saturated rings. The van der Waals surface area contributed by atoms with Crippen molar-refractivity contribution in [2.24, 2.45) is 11.7 Å². The number of likely N-dealkylation sites (tertiary alicyclic amines) is 1. The van der Waals surface area contributed by atoms with Crippen molar-refractivity contribution in [1.82, 2.24) is 4.90 Å². The van der Waals surface area contributed by atoms with Crippen LogP contribution >= 0.6 is 11.6 Å². The van der Waals surface area contributed by atoms with Crippen molar-refractivity contribution in [3.63, 3.8) is 0 Å². The van der Waals surface area contributed by atoms with Crippen LogP contribution < -0.4 is 10.5 Å². The number of halogens is 1. The maximum atomic E-state index is 12.5. The lowest BCUT2D eigenvalue weighted by Crippen LogP contribution is -2.35. The molecule has 110 valence electrons. The lowest BCUT2D eigenvalue weighted by atomic mass is 10.1. The molecule has 2 N–H and O–H groups in total. The van der Waals surface area contributed by atoms with Gasteiger partial charge in [-0.3, -0.25) is 4.79 Å². The summed E-state index contributed by atoms with van der Waals surface area (Å²) < 4.78 is 5.28. The Morgan fingerprint density at radius 2 is 2.30 bits per heavy atom. The van der Waals surface area contributed by atoms with Crippen molar-refractivity contribution in [2.45, 2.75) is 25.8 Å². The topological polar surface area (TPSA) is 55.6 Å². The van der Waals surface area contributed by atoms with Gasteiger partial charge in [0.05, 0.1) is 13.5 Å². The third kappa shape index (κ3) is 3.25. The smallest absolute Gasteiger partial charge is 0.227 e. The highest BCUT2D eigenvalue weighted by molar-refractivity contribution is 6.30. The largest absolute Gasteiger partial charge is 0.496 e. The third-order valence-electron chi connectivity index (χ3n) is 3.90. The van der Waals surface area contributed by atoms with Crippen molar-refractivity contribution >= 4 is 17.5 Å². The number of hydrogen-bond donors (Lipinski definition) is 1. The van der Waals surface area contributed by atoms with Crippen LogP contribution in [0.25, 0.3) is 0 Å². The van der Waals surface area contributed by atoms with Gasteiger partial charge in [0.1, 0.15) is 5.75 Å². The van der Waals surface area contributed by atoms with E-state index in [9.17, 15) is 4.79 Å². The van der Waals surface area contributed by atoms with Gasteiger partial charge in [0, 0.05) is 23.2 Å². The molecule has 0 bridgehead atoms. The van der Waals surface area contributed by atoms with E-state index in [0.717, 1.165) is 18.5 Å². The number of nitrogens with two attached hydrogens (primary N) is 1. The molecule has 1 aromatic rings. The lowest BCUT2D eigenvalue weighted by Gasteiger charge is -2.22. The predicted octanol–water partition coefficient (Wildman–Crippen LogP) is 2.09. The molecule has 0 saturated carbocycles. The van der Waals surface area contributed by atoms with Gasteiger partial charge in [-0.25, -0.2) is 0 Å². The summed E-state index contributed by atoms with van der Waals surface area (Å²) in [5.41, 5.74) is 6.53. The molecule has 2 atom stereocenters. The van der Waals surface area contributed by atoms with Crippen LogP contribution in [0.1, 0.15) is 18.9 Å². The standard InChI is InChI=1S/C15H21ClN2O2/c1-10-5-11(8-17)9-18(10)15(19)7-12-6-13(16)3-4-14(12)20-2/h3-4,6,10-11H,5,7-9,17H2,1-2H3. The second-order valence-electron chi connectivity index (χ2n) is 5.37. The molecular weight excluding hydrogens is 276 g/mol. The SMILES string of the molecule is COc1ccc(Cl)cc1CC(=O)N1CC(CN)CC1C. The van der Waals surface area contributed by atoms with Crippen LogP contribution in [0.15, 0.2) is 18.2 Å². The van der Waals surface area contributed by atoms with Crippen LogP contribution in [0.2, 0.25) is 5.02 Å². The van der Waals surface area contributed by atoms with Gasteiger partial charge in [-0.1, -0.05) is 11.6 Å². The Morgan fingerprint density at radius 3 is 2.90 bits per heavy atom. The summed E-state index contributed by atoms with van der Waals surface area (Å²) in [5, 5.41) is 0.614. The number of nitrogens with zero attached hydrogens (tertiary/aromatic N) is 1. The van der Waals surface area contributed by atoms with Gasteiger partial charge in [-0.2, -0.15) is 0 Å². The highest BCUT2D eigenvalue weighted by atomic mass is 35.5. The van der Waals surface area contributed by atoms with Gasteiger partial charge >= 0.3 is 0 Å². The summed E-state index contributed by atoms with van der Waals surface area (Å²) >= 11 is 5.99. The molecule has 4 nitrogen and oxygen atoms in total. The van der Waals surface area contributed by atoms with Gasteiger partial charge < -0.3 is 15.4 Å². The first-order chi connectivity index (χ1) is 9.55. The third-order valence-corrected chi connectivity index (χ3v) is 4.13. The molecule has 0 radical (unpaired) electrons. The Bertz CT molecular complexity index is 493. The summed E-state index contributed by atoms with van der Waals surface area (Å²) in [4.78, 5) is 14.4. The van der Waals surface area contributed by atoms with Gasteiger partial charge in [0.25, 0.3) is 0 Å². The molecule has 2 unspecified atom stereocenters. The monoisotopic (exact) mass is 296 g/mol. The van der Waals surface area contributed by atoms with Crippen LogP contribution in [-0.2, 0) is 11.2 Å². The molecule has 0 aromatic heterocycles. The quantitative estimate of drug-likeness (QED) is 0.925. The van der Waals surface area contributed by atoms with E-state index in [1.807, 2.05) is 4.90 Å². The summed E-state index contributed by atoms with van der Waals surface area (Å²) in [6.07, 6.45) is 1.29. The minimum atomic E-state index is 0.106. The summed E-state index contributed by atoms with van der Waals surface area (Å²) in [6.45, 7) is 3.46. The molecule has 1 aromatic carbocycles. The van der Waals surface area contributed by atoms with Crippen molar-refractivity contribution in [1.29, 1.82) is 0 Å². The number of carbonyl (C=O) groups is 1. The van der Waals surface area contributed by atoms with E-state index < -0.39 is 0 Å². The molecule has 20 heavy (non-hydrogen) atoms. The number of benzene rings is 1. The second-order valence-corrected chi connectivity index (χ2v) is 5.80. The predicted molar refractivity (Wildman–Crippen MR) is 80.0 cm³/mol. The van der Waals surface area contributed by atoms with Crippen molar-refractivity contribution in [3.8, 4) is 5.75 Å². The molecule has 1 aliphatic rings. The summed E-state index contributed by atoms with van der Waals surface area (Å²) in [6, 6.07) is 5.60. The minimum absolute atomic E-state index is 0.106. The molecule has 1 aliphatic heterocycles. The fourth-order valence-electron chi connectivity index (χ4n) is 2.81. The lowest BCUT2D eigenvalue weighted by molar-refractivity contribution is -0.131. The van der Waals surface area contributed by atoms with Crippen molar-refractivity contribution in [2.75, 3.05) is 20.2 Å². The molecule has 1 saturated heterocycles. The van der Waals surface area contributed by atoms with Crippen LogP contribution in [-0.4, -0.2) is 37.0 Å². The zero-order valence-corrected chi connectivity index (χ0v) is 12.7. The fourth-order valence-corrected chi connectivity index (χ4v) is 3.01. The van der Waals surface area contributed by atoms with E-state index in [2.05, 4.69) is 6.92 Å². The van der Waals surface area contributed by atoms with Crippen LogP contribution in [0, 0.1) is 5.92 Å². The van der Waals surface area contributed by atoms with E-state index in [-0.39, 0.29) is 11.9 Å². The van der Waals surface area contributed by atoms with E-state index in [1.54, 1.807) is 25.3 Å². The number of rotatable bonds is 4. The number of carbonyl (C=O) groups excluding carboxylic acids is 1.